The van der Waals surface area contributed by atoms with Crippen LogP contribution < -0.4 is 5.73 Å². The minimum atomic E-state index is 0.580. The van der Waals surface area contributed by atoms with Crippen molar-refractivity contribution < 1.29 is 4.52 Å². The molecule has 0 atom stereocenters. The Bertz CT molecular complexity index is 958. The van der Waals surface area contributed by atoms with Crippen LogP contribution in [0.4, 0.5) is 5.69 Å². The van der Waals surface area contributed by atoms with E-state index in [-0.39, 0.29) is 0 Å². The summed E-state index contributed by atoms with van der Waals surface area (Å²) in [5.74, 6) is 1.26. The molecule has 0 unspecified atom stereocenters. The number of rotatable bonds is 5. The molecule has 0 aliphatic rings. The summed E-state index contributed by atoms with van der Waals surface area (Å²) < 4.78 is 7.17. The number of nitrogens with zero attached hydrogens (tertiary/aromatic N) is 4. The summed E-state index contributed by atoms with van der Waals surface area (Å²) in [6.07, 6.45) is 4.88. The summed E-state index contributed by atoms with van der Waals surface area (Å²) in [5.41, 5.74) is 9.72. The van der Waals surface area contributed by atoms with E-state index < -0.39 is 0 Å². The van der Waals surface area contributed by atoms with Gasteiger partial charge in [0.15, 0.2) is 5.82 Å². The molecule has 2 aromatic carbocycles. The van der Waals surface area contributed by atoms with Gasteiger partial charge in [0.25, 0.3) is 0 Å². The molecule has 0 amide bonds. The fraction of sp³-hybridized carbons (Fsp3) is 0.105. The molecule has 2 aromatic heterocycles. The Kier molecular flexibility index (Phi) is 4.00. The SMILES string of the molecule is Nc1cccc(Cc2nc(Cc3ccc(-n4cccn4)cc3)no2)c1. The summed E-state index contributed by atoms with van der Waals surface area (Å²) in [5, 5.41) is 8.29. The van der Waals surface area contributed by atoms with E-state index in [9.17, 15) is 0 Å². The van der Waals surface area contributed by atoms with Gasteiger partial charge in [-0.3, -0.25) is 0 Å². The van der Waals surface area contributed by atoms with Gasteiger partial charge in [0.2, 0.25) is 5.89 Å². The maximum absolute atomic E-state index is 5.79. The van der Waals surface area contributed by atoms with Crippen LogP contribution in [0, 0.1) is 0 Å². The molecule has 0 bridgehead atoms. The van der Waals surface area contributed by atoms with Gasteiger partial charge < -0.3 is 10.3 Å². The molecule has 0 saturated carbocycles. The molecule has 2 N–H and O–H groups in total. The van der Waals surface area contributed by atoms with Crippen molar-refractivity contribution in [2.75, 3.05) is 5.73 Å². The van der Waals surface area contributed by atoms with Crippen molar-refractivity contribution in [2.45, 2.75) is 12.8 Å². The van der Waals surface area contributed by atoms with Gasteiger partial charge in [-0.25, -0.2) is 4.68 Å². The zero-order chi connectivity index (χ0) is 17.1. The number of anilines is 1. The van der Waals surface area contributed by atoms with Gasteiger partial charge in [0.1, 0.15) is 0 Å². The summed E-state index contributed by atoms with van der Waals surface area (Å²) >= 11 is 0. The van der Waals surface area contributed by atoms with Crippen LogP contribution in [0.15, 0.2) is 71.5 Å². The quantitative estimate of drug-likeness (QED) is 0.568. The average Bonchev–Trinajstić information content (AvgIpc) is 3.28. The highest BCUT2D eigenvalue weighted by Gasteiger charge is 2.08. The van der Waals surface area contributed by atoms with Crippen molar-refractivity contribution in [2.24, 2.45) is 0 Å². The standard InChI is InChI=1S/C19H17N5O/c20-16-4-1-3-15(11-16)13-19-22-18(23-25-19)12-14-5-7-17(8-6-14)24-10-2-9-21-24/h1-11H,12-13,20H2. The summed E-state index contributed by atoms with van der Waals surface area (Å²) in [4.78, 5) is 4.47. The second kappa shape index (κ2) is 6.60. The van der Waals surface area contributed by atoms with Crippen molar-refractivity contribution in [3.8, 4) is 5.69 Å². The molecule has 0 aliphatic heterocycles. The second-order valence-electron chi connectivity index (χ2n) is 5.82. The Hall–Kier alpha value is -3.41. The third-order valence-electron chi connectivity index (χ3n) is 3.88. The Morgan fingerprint density at radius 3 is 2.60 bits per heavy atom. The lowest BCUT2D eigenvalue weighted by molar-refractivity contribution is 0.380. The lowest BCUT2D eigenvalue weighted by Crippen LogP contribution is -1.96. The largest absolute Gasteiger partial charge is 0.399 e. The maximum atomic E-state index is 5.79. The Morgan fingerprint density at radius 1 is 0.960 bits per heavy atom. The topological polar surface area (TPSA) is 82.8 Å². The molecule has 6 nitrogen and oxygen atoms in total. The minimum absolute atomic E-state index is 0.580. The molecule has 0 fully saturated rings. The van der Waals surface area contributed by atoms with E-state index in [0.717, 1.165) is 22.5 Å². The third-order valence-corrected chi connectivity index (χ3v) is 3.88. The van der Waals surface area contributed by atoms with Crippen LogP contribution in [-0.4, -0.2) is 19.9 Å². The van der Waals surface area contributed by atoms with Crippen molar-refractivity contribution >= 4 is 5.69 Å². The highest BCUT2D eigenvalue weighted by molar-refractivity contribution is 5.41. The van der Waals surface area contributed by atoms with Crippen LogP contribution in [0.2, 0.25) is 0 Å². The monoisotopic (exact) mass is 331 g/mol. The first kappa shape index (κ1) is 15.1. The summed E-state index contributed by atoms with van der Waals surface area (Å²) in [7, 11) is 0. The highest BCUT2D eigenvalue weighted by atomic mass is 16.5. The molecular weight excluding hydrogens is 314 g/mol. The predicted octanol–water partition coefficient (Wildman–Crippen LogP) is 3.02. The number of benzene rings is 2. The predicted molar refractivity (Wildman–Crippen MR) is 94.3 cm³/mol. The van der Waals surface area contributed by atoms with Gasteiger partial charge in [0, 0.05) is 24.5 Å². The van der Waals surface area contributed by atoms with Crippen molar-refractivity contribution in [1.82, 2.24) is 19.9 Å². The van der Waals surface area contributed by atoms with Gasteiger partial charge in [-0.1, -0.05) is 29.4 Å². The number of nitrogen functional groups attached to an aromatic ring is 1. The Balaban J connectivity index is 1.44. The number of nitrogens with two attached hydrogens (primary N) is 1. The van der Waals surface area contributed by atoms with E-state index in [2.05, 4.69) is 15.2 Å². The van der Waals surface area contributed by atoms with Gasteiger partial charge in [-0.2, -0.15) is 10.1 Å². The zero-order valence-electron chi connectivity index (χ0n) is 13.5. The second-order valence-corrected chi connectivity index (χ2v) is 5.82. The molecule has 124 valence electrons. The van der Waals surface area contributed by atoms with Crippen molar-refractivity contribution in [3.63, 3.8) is 0 Å². The molecule has 25 heavy (non-hydrogen) atoms. The van der Waals surface area contributed by atoms with E-state index >= 15 is 0 Å². The molecule has 4 aromatic rings. The molecule has 0 saturated heterocycles. The van der Waals surface area contributed by atoms with Crippen LogP contribution >= 0.6 is 0 Å². The first-order chi connectivity index (χ1) is 12.3. The molecule has 0 aliphatic carbocycles. The Labute approximate surface area is 144 Å². The molecule has 4 rings (SSSR count). The smallest absolute Gasteiger partial charge is 0.231 e. The van der Waals surface area contributed by atoms with Gasteiger partial charge >= 0.3 is 0 Å². The molecule has 0 radical (unpaired) electrons. The molecular formula is C19H17N5O. The molecule has 0 spiro atoms. The highest BCUT2D eigenvalue weighted by Crippen LogP contribution is 2.14. The third kappa shape index (κ3) is 3.58. The number of hydrogen-bond acceptors (Lipinski definition) is 5. The van der Waals surface area contributed by atoms with Crippen LogP contribution in [0.3, 0.4) is 0 Å². The first-order valence-electron chi connectivity index (χ1n) is 8.01. The number of hydrogen-bond donors (Lipinski definition) is 1. The van der Waals surface area contributed by atoms with Crippen molar-refractivity contribution in [3.05, 3.63) is 89.8 Å². The van der Waals surface area contributed by atoms with Gasteiger partial charge in [0.05, 0.1) is 12.1 Å². The van der Waals surface area contributed by atoms with Gasteiger partial charge in [-0.05, 0) is 41.5 Å². The van der Waals surface area contributed by atoms with Crippen LogP contribution in [0.1, 0.15) is 22.8 Å². The van der Waals surface area contributed by atoms with Gasteiger partial charge in [-0.15, -0.1) is 0 Å². The van der Waals surface area contributed by atoms with E-state index in [1.54, 1.807) is 6.20 Å². The van der Waals surface area contributed by atoms with Crippen LogP contribution in [-0.2, 0) is 12.8 Å². The fourth-order valence-corrected chi connectivity index (χ4v) is 2.68. The normalized spacial score (nSPS) is 10.9. The van der Waals surface area contributed by atoms with E-state index in [1.165, 1.54) is 0 Å². The van der Waals surface area contributed by atoms with E-state index in [0.29, 0.717) is 24.6 Å². The van der Waals surface area contributed by atoms with E-state index in [4.69, 9.17) is 10.3 Å². The minimum Gasteiger partial charge on any atom is -0.399 e. The summed E-state index contributed by atoms with van der Waals surface area (Å²) in [6, 6.07) is 17.7. The van der Waals surface area contributed by atoms with Crippen molar-refractivity contribution in [1.29, 1.82) is 0 Å². The van der Waals surface area contributed by atoms with Crippen LogP contribution in [0.25, 0.3) is 5.69 Å². The molecule has 2 heterocycles. The maximum Gasteiger partial charge on any atom is 0.231 e. The average molecular weight is 331 g/mol. The number of aromatic nitrogens is 4. The lowest BCUT2D eigenvalue weighted by atomic mass is 10.1. The molecule has 6 heteroatoms. The van der Waals surface area contributed by atoms with Crippen LogP contribution in [0.5, 0.6) is 0 Å². The first-order valence-corrected chi connectivity index (χ1v) is 8.01. The fourth-order valence-electron chi connectivity index (χ4n) is 2.68. The lowest BCUT2D eigenvalue weighted by Gasteiger charge is -2.02. The summed E-state index contributed by atoms with van der Waals surface area (Å²) in [6.45, 7) is 0. The zero-order valence-corrected chi connectivity index (χ0v) is 13.5. The Morgan fingerprint density at radius 2 is 1.84 bits per heavy atom. The van der Waals surface area contributed by atoms with E-state index in [1.807, 2.05) is 65.5 Å².